The van der Waals surface area contributed by atoms with Gasteiger partial charge in [0.15, 0.2) is 0 Å². The van der Waals surface area contributed by atoms with Crippen LogP contribution in [0.5, 0.6) is 0 Å². The average Bonchev–Trinajstić information content (AvgIpc) is 2.26. The van der Waals surface area contributed by atoms with Gasteiger partial charge in [0, 0.05) is 25.4 Å². The first-order valence-electron chi connectivity index (χ1n) is 5.26. The fourth-order valence-corrected chi connectivity index (χ4v) is 2.72. The van der Waals surface area contributed by atoms with Crippen molar-refractivity contribution in [3.8, 4) is 0 Å². The van der Waals surface area contributed by atoms with Gasteiger partial charge in [-0.2, -0.15) is 0 Å². The fourth-order valence-electron chi connectivity index (χ4n) is 1.43. The molecule has 0 aromatic rings. The lowest BCUT2D eigenvalue weighted by Gasteiger charge is -2.28. The summed E-state index contributed by atoms with van der Waals surface area (Å²) < 4.78 is 1.02. The summed E-state index contributed by atoms with van der Waals surface area (Å²) >= 11 is 7.06. The number of hydrogen-bond acceptors (Lipinski definition) is 3. The molecule has 1 fully saturated rings. The normalized spacial score (nSPS) is 19.4. The predicted octanol–water partition coefficient (Wildman–Crippen LogP) is 2.12. The first kappa shape index (κ1) is 12.3. The van der Waals surface area contributed by atoms with E-state index in [2.05, 4.69) is 4.90 Å². The third-order valence-electron chi connectivity index (χ3n) is 2.42. The molecule has 1 aliphatic heterocycles. The number of likely N-dealkylation sites (tertiary alicyclic amines) is 1. The van der Waals surface area contributed by atoms with E-state index in [0.29, 0.717) is 5.92 Å². The van der Waals surface area contributed by atoms with Crippen molar-refractivity contribution in [3.63, 3.8) is 0 Å². The SMILES string of the molecule is C[C@H](CO)CSC(=S)N1CCCCC1. The molecule has 4 heteroatoms. The molecule has 82 valence electrons. The number of aliphatic hydroxyl groups excluding tert-OH is 1. The summed E-state index contributed by atoms with van der Waals surface area (Å²) in [4.78, 5) is 2.30. The molecule has 14 heavy (non-hydrogen) atoms. The van der Waals surface area contributed by atoms with E-state index in [0.717, 1.165) is 23.2 Å². The minimum Gasteiger partial charge on any atom is -0.396 e. The summed E-state index contributed by atoms with van der Waals surface area (Å²) in [7, 11) is 0. The van der Waals surface area contributed by atoms with Crippen LogP contribution < -0.4 is 0 Å². The quantitative estimate of drug-likeness (QED) is 0.754. The third-order valence-corrected chi connectivity index (χ3v) is 4.27. The van der Waals surface area contributed by atoms with Crippen molar-refractivity contribution in [2.24, 2.45) is 5.92 Å². The van der Waals surface area contributed by atoms with Crippen LogP contribution in [0.1, 0.15) is 26.2 Å². The van der Waals surface area contributed by atoms with Crippen molar-refractivity contribution in [2.45, 2.75) is 26.2 Å². The van der Waals surface area contributed by atoms with Gasteiger partial charge in [-0.3, -0.25) is 0 Å². The number of aliphatic hydroxyl groups is 1. The standard InChI is InChI=1S/C10H19NOS2/c1-9(7-12)8-14-10(13)11-5-3-2-4-6-11/h9,12H,2-8H2,1H3/t9-/m1/s1. The van der Waals surface area contributed by atoms with Crippen molar-refractivity contribution in [1.82, 2.24) is 4.90 Å². The lowest BCUT2D eigenvalue weighted by Crippen LogP contribution is -2.33. The van der Waals surface area contributed by atoms with Crippen molar-refractivity contribution in [3.05, 3.63) is 0 Å². The van der Waals surface area contributed by atoms with Gasteiger partial charge < -0.3 is 10.0 Å². The Morgan fingerprint density at radius 3 is 2.64 bits per heavy atom. The van der Waals surface area contributed by atoms with Gasteiger partial charge in [0.2, 0.25) is 0 Å². The fraction of sp³-hybridized carbons (Fsp3) is 0.900. The topological polar surface area (TPSA) is 23.5 Å². The van der Waals surface area contributed by atoms with Gasteiger partial charge in [-0.1, -0.05) is 30.9 Å². The zero-order valence-corrected chi connectivity index (χ0v) is 10.4. The second kappa shape index (κ2) is 6.64. The molecule has 1 atom stereocenters. The van der Waals surface area contributed by atoms with Crippen LogP contribution in [-0.4, -0.2) is 39.8 Å². The average molecular weight is 233 g/mol. The molecular formula is C10H19NOS2. The molecule has 0 spiro atoms. The number of thioether (sulfide) groups is 1. The molecule has 0 aliphatic carbocycles. The first-order chi connectivity index (χ1) is 6.74. The van der Waals surface area contributed by atoms with Gasteiger partial charge in [-0.05, 0) is 25.2 Å². The Hall–Kier alpha value is 0.200. The minimum atomic E-state index is 0.260. The summed E-state index contributed by atoms with van der Waals surface area (Å²) in [6.45, 7) is 4.56. The number of rotatable bonds is 3. The Morgan fingerprint density at radius 1 is 1.43 bits per heavy atom. The Kier molecular flexibility index (Phi) is 5.82. The van der Waals surface area contributed by atoms with Gasteiger partial charge in [-0.15, -0.1) is 0 Å². The molecule has 1 rings (SSSR count). The van der Waals surface area contributed by atoms with Crippen LogP contribution in [0.4, 0.5) is 0 Å². The third kappa shape index (κ3) is 4.15. The predicted molar refractivity (Wildman–Crippen MR) is 66.7 cm³/mol. The van der Waals surface area contributed by atoms with E-state index >= 15 is 0 Å². The highest BCUT2D eigenvalue weighted by molar-refractivity contribution is 8.22. The monoisotopic (exact) mass is 233 g/mol. The molecule has 1 N–H and O–H groups in total. The van der Waals surface area contributed by atoms with Crippen LogP contribution >= 0.6 is 24.0 Å². The Labute approximate surface area is 96.1 Å². The lowest BCUT2D eigenvalue weighted by molar-refractivity contribution is 0.250. The van der Waals surface area contributed by atoms with Gasteiger partial charge >= 0.3 is 0 Å². The summed E-state index contributed by atoms with van der Waals surface area (Å²) in [6.07, 6.45) is 3.89. The summed E-state index contributed by atoms with van der Waals surface area (Å²) in [5.74, 6) is 1.29. The van der Waals surface area contributed by atoms with Gasteiger partial charge in [0.25, 0.3) is 0 Å². The summed E-state index contributed by atoms with van der Waals surface area (Å²) in [6, 6.07) is 0. The van der Waals surface area contributed by atoms with Gasteiger partial charge in [-0.25, -0.2) is 0 Å². The molecule has 0 bridgehead atoms. The molecule has 0 saturated carbocycles. The maximum atomic E-state index is 8.89. The van der Waals surface area contributed by atoms with Crippen LogP contribution in [0.25, 0.3) is 0 Å². The van der Waals surface area contributed by atoms with E-state index in [4.69, 9.17) is 17.3 Å². The number of piperidine rings is 1. The highest BCUT2D eigenvalue weighted by Crippen LogP contribution is 2.17. The molecule has 2 nitrogen and oxygen atoms in total. The Bertz CT molecular complexity index is 181. The summed E-state index contributed by atoms with van der Waals surface area (Å²) in [5.41, 5.74) is 0. The summed E-state index contributed by atoms with van der Waals surface area (Å²) in [5, 5.41) is 8.89. The van der Waals surface area contributed by atoms with Crippen molar-refractivity contribution >= 4 is 28.3 Å². The van der Waals surface area contributed by atoms with Crippen LogP contribution in [-0.2, 0) is 0 Å². The zero-order valence-electron chi connectivity index (χ0n) is 8.74. The molecule has 1 heterocycles. The van der Waals surface area contributed by atoms with E-state index in [1.54, 1.807) is 11.8 Å². The number of nitrogens with zero attached hydrogens (tertiary/aromatic N) is 1. The molecule has 1 saturated heterocycles. The molecule has 0 aromatic carbocycles. The van der Waals surface area contributed by atoms with Crippen molar-refractivity contribution in [2.75, 3.05) is 25.4 Å². The van der Waals surface area contributed by atoms with E-state index in [-0.39, 0.29) is 6.61 Å². The van der Waals surface area contributed by atoms with Crippen LogP contribution in [0, 0.1) is 5.92 Å². The highest BCUT2D eigenvalue weighted by Gasteiger charge is 2.14. The molecular weight excluding hydrogens is 214 g/mol. The van der Waals surface area contributed by atoms with Crippen LogP contribution in [0.15, 0.2) is 0 Å². The number of hydrogen-bond donors (Lipinski definition) is 1. The molecule has 0 amide bonds. The number of thiocarbonyl (C=S) groups is 1. The van der Waals surface area contributed by atoms with Crippen molar-refractivity contribution < 1.29 is 5.11 Å². The maximum Gasteiger partial charge on any atom is 0.136 e. The highest BCUT2D eigenvalue weighted by atomic mass is 32.2. The largest absolute Gasteiger partial charge is 0.396 e. The van der Waals surface area contributed by atoms with Crippen molar-refractivity contribution in [1.29, 1.82) is 0 Å². The Balaban J connectivity index is 2.19. The van der Waals surface area contributed by atoms with Crippen LogP contribution in [0.3, 0.4) is 0 Å². The van der Waals surface area contributed by atoms with E-state index in [1.165, 1.54) is 19.3 Å². The van der Waals surface area contributed by atoms with Crippen LogP contribution in [0.2, 0.25) is 0 Å². The van der Waals surface area contributed by atoms with E-state index in [1.807, 2.05) is 6.92 Å². The van der Waals surface area contributed by atoms with Gasteiger partial charge in [0.05, 0.1) is 0 Å². The first-order valence-corrected chi connectivity index (χ1v) is 6.66. The lowest BCUT2D eigenvalue weighted by atomic mass is 10.1. The molecule has 0 aromatic heterocycles. The minimum absolute atomic E-state index is 0.260. The second-order valence-corrected chi connectivity index (χ2v) is 5.57. The molecule has 0 unspecified atom stereocenters. The van der Waals surface area contributed by atoms with E-state index in [9.17, 15) is 0 Å². The van der Waals surface area contributed by atoms with E-state index < -0.39 is 0 Å². The molecule has 0 radical (unpaired) electrons. The zero-order chi connectivity index (χ0) is 10.4. The molecule has 1 aliphatic rings. The Morgan fingerprint density at radius 2 is 2.07 bits per heavy atom. The smallest absolute Gasteiger partial charge is 0.136 e. The maximum absolute atomic E-state index is 8.89. The second-order valence-electron chi connectivity index (χ2n) is 3.91. The van der Waals surface area contributed by atoms with Gasteiger partial charge in [0.1, 0.15) is 4.32 Å².